The van der Waals surface area contributed by atoms with E-state index in [2.05, 4.69) is 31.1 Å². The van der Waals surface area contributed by atoms with Gasteiger partial charge < -0.3 is 4.74 Å². The summed E-state index contributed by atoms with van der Waals surface area (Å²) in [6.45, 7) is 2.88. The van der Waals surface area contributed by atoms with Crippen LogP contribution in [0.15, 0.2) is 24.7 Å². The molecule has 0 unspecified atom stereocenters. The van der Waals surface area contributed by atoms with E-state index in [1.54, 1.807) is 7.11 Å². The highest BCUT2D eigenvalue weighted by Crippen LogP contribution is 2.44. The molecule has 3 aromatic heterocycles. The molecule has 5 heterocycles. The van der Waals surface area contributed by atoms with Gasteiger partial charge in [0.2, 0.25) is 0 Å². The van der Waals surface area contributed by atoms with Crippen molar-refractivity contribution in [1.82, 2.24) is 29.5 Å². The molecule has 128 valence electrons. The summed E-state index contributed by atoms with van der Waals surface area (Å²) < 4.78 is 7.09. The Hall–Kier alpha value is -2.54. The minimum absolute atomic E-state index is 0.400. The predicted octanol–water partition coefficient (Wildman–Crippen LogP) is 2.10. The normalized spacial score (nSPS) is 22.3. The second-order valence-electron chi connectivity index (χ2n) is 6.92. The van der Waals surface area contributed by atoms with Gasteiger partial charge in [-0.1, -0.05) is 0 Å². The second kappa shape index (κ2) is 5.49. The molecule has 2 aliphatic heterocycles. The molecule has 0 amide bonds. The molecule has 0 N–H and O–H groups in total. The van der Waals surface area contributed by atoms with Crippen LogP contribution < -0.4 is 4.74 Å². The lowest BCUT2D eigenvalue weighted by Crippen LogP contribution is -2.38. The van der Waals surface area contributed by atoms with Crippen LogP contribution in [0.4, 0.5) is 0 Å². The van der Waals surface area contributed by atoms with E-state index >= 15 is 0 Å². The van der Waals surface area contributed by atoms with Gasteiger partial charge in [0.25, 0.3) is 0 Å². The fraction of sp³-hybridized carbons (Fsp3) is 0.444. The largest absolute Gasteiger partial charge is 0.467 e. The van der Waals surface area contributed by atoms with Crippen molar-refractivity contribution in [2.24, 2.45) is 0 Å². The van der Waals surface area contributed by atoms with Crippen LogP contribution in [0.5, 0.6) is 6.01 Å². The third kappa shape index (κ3) is 2.30. The molecule has 2 atom stereocenters. The monoisotopic (exact) mass is 336 g/mol. The van der Waals surface area contributed by atoms with Gasteiger partial charge in [-0.15, -0.1) is 0 Å². The molecule has 0 radical (unpaired) electrons. The summed E-state index contributed by atoms with van der Waals surface area (Å²) in [7, 11) is 1.58. The number of aryl methyl sites for hydroxylation is 1. The first-order valence-corrected chi connectivity index (χ1v) is 8.68. The van der Waals surface area contributed by atoms with Crippen molar-refractivity contribution >= 4 is 5.65 Å². The Balaban J connectivity index is 1.49. The number of ether oxygens (including phenoxy) is 1. The molecule has 2 bridgehead atoms. The molecule has 1 saturated heterocycles. The van der Waals surface area contributed by atoms with Gasteiger partial charge >= 0.3 is 6.01 Å². The zero-order valence-electron chi connectivity index (χ0n) is 14.4. The van der Waals surface area contributed by atoms with Gasteiger partial charge in [0, 0.05) is 60.8 Å². The average molecular weight is 336 g/mol. The Kier molecular flexibility index (Phi) is 3.24. The van der Waals surface area contributed by atoms with Gasteiger partial charge in [0.1, 0.15) is 0 Å². The van der Waals surface area contributed by atoms with Gasteiger partial charge in [-0.05, 0) is 19.8 Å². The topological polar surface area (TPSA) is 68.4 Å². The Morgan fingerprint density at radius 2 is 2.00 bits per heavy atom. The van der Waals surface area contributed by atoms with E-state index in [9.17, 15) is 0 Å². The van der Waals surface area contributed by atoms with E-state index in [-0.39, 0.29) is 0 Å². The van der Waals surface area contributed by atoms with Gasteiger partial charge in [0.15, 0.2) is 5.65 Å². The number of methoxy groups -OCH3 is 1. The van der Waals surface area contributed by atoms with Crippen LogP contribution in [0.1, 0.15) is 41.4 Å². The Morgan fingerprint density at radius 1 is 1.16 bits per heavy atom. The molecule has 2 aliphatic rings. The smallest absolute Gasteiger partial charge is 0.316 e. The first kappa shape index (κ1) is 14.8. The number of fused-ring (bicyclic) bond motifs is 6. The van der Waals surface area contributed by atoms with Crippen LogP contribution in [0.2, 0.25) is 0 Å². The number of hydrogen-bond acceptors (Lipinski definition) is 6. The van der Waals surface area contributed by atoms with Crippen LogP contribution in [0.25, 0.3) is 5.65 Å². The van der Waals surface area contributed by atoms with Crippen molar-refractivity contribution in [3.05, 3.63) is 47.2 Å². The Morgan fingerprint density at radius 3 is 2.80 bits per heavy atom. The third-order valence-corrected chi connectivity index (χ3v) is 5.40. The summed E-state index contributed by atoms with van der Waals surface area (Å²) in [5.41, 5.74) is 5.73. The number of hydrogen-bond donors (Lipinski definition) is 0. The van der Waals surface area contributed by atoms with Crippen molar-refractivity contribution in [3.63, 3.8) is 0 Å². The average Bonchev–Trinajstić information content (AvgIpc) is 3.13. The van der Waals surface area contributed by atoms with E-state index in [1.165, 1.54) is 24.1 Å². The zero-order valence-corrected chi connectivity index (χ0v) is 14.4. The fourth-order valence-electron chi connectivity index (χ4n) is 4.28. The summed E-state index contributed by atoms with van der Waals surface area (Å²) in [5, 5.41) is 4.65. The van der Waals surface area contributed by atoms with Crippen LogP contribution in [0.3, 0.4) is 0 Å². The molecular formula is C18H20N6O. The van der Waals surface area contributed by atoms with Crippen LogP contribution in [-0.4, -0.2) is 42.6 Å². The molecule has 0 saturated carbocycles. The molecule has 0 aromatic carbocycles. The van der Waals surface area contributed by atoms with Gasteiger partial charge in [-0.2, -0.15) is 5.10 Å². The van der Waals surface area contributed by atoms with E-state index in [0.29, 0.717) is 18.1 Å². The van der Waals surface area contributed by atoms with Crippen LogP contribution in [0, 0.1) is 6.92 Å². The zero-order chi connectivity index (χ0) is 17.0. The van der Waals surface area contributed by atoms with E-state index in [4.69, 9.17) is 4.74 Å². The quantitative estimate of drug-likeness (QED) is 0.730. The first-order valence-electron chi connectivity index (χ1n) is 8.68. The van der Waals surface area contributed by atoms with Crippen LogP contribution >= 0.6 is 0 Å². The molecular weight excluding hydrogens is 316 g/mol. The highest BCUT2D eigenvalue weighted by Gasteiger charge is 2.41. The summed E-state index contributed by atoms with van der Waals surface area (Å²) in [4.78, 5) is 15.7. The lowest BCUT2D eigenvalue weighted by Gasteiger charge is -2.36. The van der Waals surface area contributed by atoms with Crippen molar-refractivity contribution in [3.8, 4) is 6.01 Å². The third-order valence-electron chi connectivity index (χ3n) is 5.40. The minimum Gasteiger partial charge on any atom is -0.467 e. The highest BCUT2D eigenvalue weighted by molar-refractivity contribution is 5.44. The van der Waals surface area contributed by atoms with Crippen molar-refractivity contribution in [2.45, 2.75) is 44.8 Å². The Bertz CT molecular complexity index is 935. The maximum atomic E-state index is 5.05. The molecule has 1 fully saturated rings. The summed E-state index contributed by atoms with van der Waals surface area (Å²) >= 11 is 0. The number of rotatable bonds is 3. The molecule has 25 heavy (non-hydrogen) atoms. The Labute approximate surface area is 145 Å². The van der Waals surface area contributed by atoms with Gasteiger partial charge in [0.05, 0.1) is 18.5 Å². The maximum Gasteiger partial charge on any atom is 0.316 e. The number of nitrogens with zero attached hydrogens (tertiary/aromatic N) is 6. The molecule has 3 aromatic rings. The van der Waals surface area contributed by atoms with E-state index < -0.39 is 0 Å². The van der Waals surface area contributed by atoms with Crippen molar-refractivity contribution in [1.29, 1.82) is 0 Å². The molecule has 7 nitrogen and oxygen atoms in total. The standard InChI is InChI=1S/C18H20N6O/c1-11-5-17-19-9-14-15-4-3-13(6-16(14)24(17)22-11)23(15)10-12-7-20-18(25-2)21-8-12/h5,7-9,13,15H,3-4,6,10H2,1-2H3/t13-,15+/m1/s1. The van der Waals surface area contributed by atoms with Gasteiger partial charge in [-0.25, -0.2) is 19.5 Å². The molecule has 0 aliphatic carbocycles. The fourth-order valence-corrected chi connectivity index (χ4v) is 4.28. The highest BCUT2D eigenvalue weighted by atomic mass is 16.5. The lowest BCUT2D eigenvalue weighted by atomic mass is 9.98. The molecule has 0 spiro atoms. The summed E-state index contributed by atoms with van der Waals surface area (Å²) in [6, 6.07) is 3.40. The number of aromatic nitrogens is 5. The predicted molar refractivity (Wildman–Crippen MR) is 91.3 cm³/mol. The molecule has 7 heteroatoms. The summed E-state index contributed by atoms with van der Waals surface area (Å²) in [5.74, 6) is 0. The maximum absolute atomic E-state index is 5.05. The second-order valence-corrected chi connectivity index (χ2v) is 6.92. The lowest BCUT2D eigenvalue weighted by molar-refractivity contribution is 0.164. The van der Waals surface area contributed by atoms with E-state index in [1.807, 2.05) is 29.9 Å². The molecule has 5 rings (SSSR count). The van der Waals surface area contributed by atoms with Crippen molar-refractivity contribution in [2.75, 3.05) is 7.11 Å². The van der Waals surface area contributed by atoms with Gasteiger partial charge in [-0.3, -0.25) is 4.90 Å². The van der Waals surface area contributed by atoms with E-state index in [0.717, 1.165) is 29.9 Å². The SMILES string of the molecule is COc1ncc(CN2[C@@H]3CC[C@H]2c2cnc4cc(C)nn4c2C3)cn1. The summed E-state index contributed by atoms with van der Waals surface area (Å²) in [6.07, 6.45) is 9.16. The first-order chi connectivity index (χ1) is 12.2. The minimum atomic E-state index is 0.400. The van der Waals surface area contributed by atoms with Crippen molar-refractivity contribution < 1.29 is 4.74 Å². The van der Waals surface area contributed by atoms with Crippen LogP contribution in [-0.2, 0) is 13.0 Å².